The molecule has 0 saturated heterocycles. The predicted octanol–water partition coefficient (Wildman–Crippen LogP) is 4.34. The summed E-state index contributed by atoms with van der Waals surface area (Å²) in [6.45, 7) is 0. The van der Waals surface area contributed by atoms with E-state index in [-0.39, 0.29) is 11.4 Å². The van der Waals surface area contributed by atoms with E-state index in [4.69, 9.17) is 0 Å². The van der Waals surface area contributed by atoms with Gasteiger partial charge in [-0.15, -0.1) is 0 Å². The van der Waals surface area contributed by atoms with Gasteiger partial charge in [-0.1, -0.05) is 24.3 Å². The van der Waals surface area contributed by atoms with Gasteiger partial charge in [0.1, 0.15) is 16.5 Å². The molecule has 0 fully saturated rings. The third kappa shape index (κ3) is 3.93. The lowest BCUT2D eigenvalue weighted by atomic mass is 10.0. The Morgan fingerprint density at radius 3 is 2.26 bits per heavy atom. The van der Waals surface area contributed by atoms with E-state index in [1.165, 1.54) is 36.4 Å². The minimum absolute atomic E-state index is 0.0901. The van der Waals surface area contributed by atoms with Crippen molar-refractivity contribution in [3.05, 3.63) is 88.5 Å². The maximum Gasteiger partial charge on any atom is 0.277 e. The average Bonchev–Trinajstić information content (AvgIpc) is 2.64. The summed E-state index contributed by atoms with van der Waals surface area (Å²) in [5, 5.41) is 11.1. The fraction of sp³-hybridized carbons (Fsp3) is 0. The molecule has 3 rings (SSSR count). The van der Waals surface area contributed by atoms with Crippen molar-refractivity contribution in [2.75, 3.05) is 4.72 Å². The molecule has 138 valence electrons. The van der Waals surface area contributed by atoms with Gasteiger partial charge in [-0.05, 0) is 42.0 Å². The Bertz CT molecular complexity index is 1120. The van der Waals surface area contributed by atoms with Gasteiger partial charge in [0.2, 0.25) is 0 Å². The van der Waals surface area contributed by atoms with Crippen LogP contribution < -0.4 is 4.72 Å². The maximum atomic E-state index is 13.7. The minimum atomic E-state index is -4.34. The molecule has 0 saturated carbocycles. The number of anilines is 1. The second kappa shape index (κ2) is 7.12. The Balaban J connectivity index is 1.91. The lowest BCUT2D eigenvalue weighted by molar-refractivity contribution is -0.384. The Morgan fingerprint density at radius 2 is 1.59 bits per heavy atom. The van der Waals surface area contributed by atoms with Crippen LogP contribution in [0.15, 0.2) is 71.6 Å². The number of hydrogen-bond acceptors (Lipinski definition) is 4. The Kier molecular flexibility index (Phi) is 4.87. The molecule has 1 N–H and O–H groups in total. The largest absolute Gasteiger partial charge is 0.280 e. The summed E-state index contributed by atoms with van der Waals surface area (Å²) in [5.41, 5.74) is 0.879. The monoisotopic (exact) mass is 390 g/mol. The van der Waals surface area contributed by atoms with E-state index in [0.29, 0.717) is 17.2 Å². The molecule has 0 spiro atoms. The molecule has 0 bridgehead atoms. The zero-order valence-corrected chi connectivity index (χ0v) is 14.4. The van der Waals surface area contributed by atoms with Crippen molar-refractivity contribution in [1.29, 1.82) is 0 Å². The molecule has 3 aromatic rings. The highest BCUT2D eigenvalue weighted by atomic mass is 32.2. The molecule has 0 unspecified atom stereocenters. The van der Waals surface area contributed by atoms with Crippen LogP contribution >= 0.6 is 0 Å². The molecule has 0 aliphatic rings. The van der Waals surface area contributed by atoms with E-state index in [9.17, 15) is 27.3 Å². The molecule has 3 aromatic carbocycles. The van der Waals surface area contributed by atoms with E-state index in [2.05, 4.69) is 4.72 Å². The van der Waals surface area contributed by atoms with Gasteiger partial charge in [0.05, 0.1) is 10.5 Å². The fourth-order valence-corrected chi connectivity index (χ4v) is 3.64. The summed E-state index contributed by atoms with van der Waals surface area (Å²) in [5.74, 6) is -1.97. The number of halogens is 2. The first-order valence-electron chi connectivity index (χ1n) is 7.60. The van der Waals surface area contributed by atoms with Crippen molar-refractivity contribution in [1.82, 2.24) is 0 Å². The van der Waals surface area contributed by atoms with Gasteiger partial charge in [-0.2, -0.15) is 0 Å². The van der Waals surface area contributed by atoms with Gasteiger partial charge in [-0.25, -0.2) is 17.2 Å². The smallest absolute Gasteiger partial charge is 0.277 e. The van der Waals surface area contributed by atoms with Crippen LogP contribution in [0.25, 0.3) is 11.1 Å². The third-order valence-electron chi connectivity index (χ3n) is 3.73. The number of nitrogens with one attached hydrogen (secondary N) is 1. The van der Waals surface area contributed by atoms with Crippen LogP contribution in [-0.2, 0) is 10.0 Å². The van der Waals surface area contributed by atoms with Crippen molar-refractivity contribution < 1.29 is 22.1 Å². The molecular formula is C18H12F2N2O4S. The van der Waals surface area contributed by atoms with Gasteiger partial charge in [0.15, 0.2) is 0 Å². The van der Waals surface area contributed by atoms with E-state index >= 15 is 0 Å². The fourth-order valence-electron chi connectivity index (χ4n) is 2.49. The lowest BCUT2D eigenvalue weighted by Crippen LogP contribution is -2.14. The predicted molar refractivity (Wildman–Crippen MR) is 95.7 cm³/mol. The van der Waals surface area contributed by atoms with Gasteiger partial charge < -0.3 is 0 Å². The van der Waals surface area contributed by atoms with Crippen LogP contribution in [0, 0.1) is 21.7 Å². The molecule has 27 heavy (non-hydrogen) atoms. The van der Waals surface area contributed by atoms with Crippen LogP contribution in [0.2, 0.25) is 0 Å². The highest BCUT2D eigenvalue weighted by Crippen LogP contribution is 2.30. The number of nitrogens with zero attached hydrogens (tertiary/aromatic N) is 1. The highest BCUT2D eigenvalue weighted by Gasteiger charge is 2.20. The van der Waals surface area contributed by atoms with E-state index < -0.39 is 31.5 Å². The first kappa shape index (κ1) is 18.5. The van der Waals surface area contributed by atoms with E-state index in [1.54, 1.807) is 12.1 Å². The lowest BCUT2D eigenvalue weighted by Gasteiger charge is -2.10. The molecule has 0 aliphatic heterocycles. The van der Waals surface area contributed by atoms with Gasteiger partial charge in [-0.3, -0.25) is 14.8 Å². The second-order valence-corrected chi connectivity index (χ2v) is 7.18. The maximum absolute atomic E-state index is 13.7. The zero-order chi connectivity index (χ0) is 19.6. The van der Waals surface area contributed by atoms with Crippen LogP contribution in [0.5, 0.6) is 0 Å². The van der Waals surface area contributed by atoms with Gasteiger partial charge in [0, 0.05) is 11.8 Å². The quantitative estimate of drug-likeness (QED) is 0.518. The summed E-state index contributed by atoms with van der Waals surface area (Å²) in [7, 11) is -4.34. The standard InChI is InChI=1S/C18H12F2N2O4S/c19-13-7-10-16(20)18(11-13)27(25,26)21-14-8-5-12(6-9-14)15-3-1-2-4-17(15)22(23)24/h1-11,21H. The molecular weight excluding hydrogens is 378 g/mol. The first-order valence-corrected chi connectivity index (χ1v) is 9.08. The second-order valence-electron chi connectivity index (χ2n) is 5.53. The van der Waals surface area contributed by atoms with Gasteiger partial charge in [0.25, 0.3) is 15.7 Å². The van der Waals surface area contributed by atoms with Crippen LogP contribution in [0.4, 0.5) is 20.2 Å². The van der Waals surface area contributed by atoms with Crippen molar-refractivity contribution in [3.63, 3.8) is 0 Å². The number of sulfonamides is 1. The molecule has 0 atom stereocenters. The molecule has 9 heteroatoms. The van der Waals surface area contributed by atoms with Crippen molar-refractivity contribution in [2.24, 2.45) is 0 Å². The first-order chi connectivity index (χ1) is 12.8. The van der Waals surface area contributed by atoms with E-state index in [0.717, 1.165) is 12.1 Å². The third-order valence-corrected chi connectivity index (χ3v) is 5.13. The van der Waals surface area contributed by atoms with E-state index in [1.807, 2.05) is 0 Å². The van der Waals surface area contributed by atoms with Crippen LogP contribution in [0.1, 0.15) is 0 Å². The molecule has 0 radical (unpaired) electrons. The Morgan fingerprint density at radius 1 is 0.926 bits per heavy atom. The number of hydrogen-bond donors (Lipinski definition) is 1. The molecule has 0 amide bonds. The Labute approximate surface area is 153 Å². The van der Waals surface area contributed by atoms with Crippen molar-refractivity contribution >= 4 is 21.4 Å². The van der Waals surface area contributed by atoms with Crippen LogP contribution in [0.3, 0.4) is 0 Å². The molecule has 0 aromatic heterocycles. The summed E-state index contributed by atoms with van der Waals surface area (Å²) in [6, 6.07) is 14.0. The number of para-hydroxylation sites is 1. The summed E-state index contributed by atoms with van der Waals surface area (Å²) < 4.78 is 53.7. The van der Waals surface area contributed by atoms with Crippen molar-refractivity contribution in [3.8, 4) is 11.1 Å². The number of nitro benzene ring substituents is 1. The zero-order valence-electron chi connectivity index (χ0n) is 13.6. The minimum Gasteiger partial charge on any atom is -0.280 e. The van der Waals surface area contributed by atoms with Crippen LogP contribution in [-0.4, -0.2) is 13.3 Å². The number of rotatable bonds is 5. The summed E-state index contributed by atoms with van der Waals surface area (Å²) >= 11 is 0. The Hall–Kier alpha value is -3.33. The van der Waals surface area contributed by atoms with Gasteiger partial charge >= 0.3 is 0 Å². The molecule has 0 heterocycles. The summed E-state index contributed by atoms with van der Waals surface area (Å²) in [4.78, 5) is 9.78. The molecule has 0 aliphatic carbocycles. The number of nitro groups is 1. The molecule has 6 nitrogen and oxygen atoms in total. The number of benzene rings is 3. The SMILES string of the molecule is O=[N+]([O-])c1ccccc1-c1ccc(NS(=O)(=O)c2cc(F)ccc2F)cc1. The normalized spacial score (nSPS) is 11.2. The summed E-state index contributed by atoms with van der Waals surface area (Å²) in [6.07, 6.45) is 0. The average molecular weight is 390 g/mol. The topological polar surface area (TPSA) is 89.3 Å². The highest BCUT2D eigenvalue weighted by molar-refractivity contribution is 7.92. The van der Waals surface area contributed by atoms with Crippen molar-refractivity contribution in [2.45, 2.75) is 4.90 Å².